The van der Waals surface area contributed by atoms with Crippen LogP contribution in [0.15, 0.2) is 72.1 Å². The zero-order valence-electron chi connectivity index (χ0n) is 36.0. The quantitative estimate of drug-likeness (QED) is 0.153. The largest absolute Gasteiger partial charge is 1.00 e. The summed E-state index contributed by atoms with van der Waals surface area (Å²) < 4.78 is 27.7. The number of nitrogens with zero attached hydrogens (tertiary/aromatic N) is 9. The first-order chi connectivity index (χ1) is 29.2. The summed E-state index contributed by atoms with van der Waals surface area (Å²) >= 11 is 0. The Morgan fingerprint density at radius 2 is 1.24 bits per heavy atom. The number of amides is 2. The molecule has 0 spiro atoms. The Labute approximate surface area is 393 Å². The minimum absolute atomic E-state index is 0. The van der Waals surface area contributed by atoms with Crippen LogP contribution in [0.25, 0.3) is 31.8 Å². The van der Waals surface area contributed by atoms with Crippen LogP contribution in [0, 0.1) is 36.8 Å². The summed E-state index contributed by atoms with van der Waals surface area (Å²) in [6, 6.07) is 12.4. The van der Waals surface area contributed by atoms with Gasteiger partial charge in [-0.05, 0) is 87.5 Å². The van der Waals surface area contributed by atoms with Gasteiger partial charge in [-0.1, -0.05) is 18.2 Å². The summed E-state index contributed by atoms with van der Waals surface area (Å²) in [4.78, 5) is 51.4. The molecule has 9 rings (SSSR count). The third-order valence-corrected chi connectivity index (χ3v) is 15.0. The summed E-state index contributed by atoms with van der Waals surface area (Å²) in [7, 11) is 0.161. The minimum atomic E-state index is -3.84. The average molecular weight is 893 g/mol. The molecule has 4 aliphatic rings. The molecule has 2 unspecified atom stereocenters. The van der Waals surface area contributed by atoms with Crippen LogP contribution in [0.4, 0.5) is 22.7 Å². The summed E-state index contributed by atoms with van der Waals surface area (Å²) in [5.74, 6) is 1.21. The van der Waals surface area contributed by atoms with Crippen LogP contribution in [0.1, 0.15) is 43.8 Å². The van der Waals surface area contributed by atoms with E-state index in [4.69, 9.17) is 13.1 Å². The molecule has 8 atom stereocenters. The Balaban J connectivity index is 0.000000337. The van der Waals surface area contributed by atoms with Crippen LogP contribution in [0.5, 0.6) is 0 Å². The molecule has 2 saturated heterocycles. The fourth-order valence-electron chi connectivity index (χ4n) is 10.2. The Kier molecular flexibility index (Phi) is 14.3. The number of nitrogens with one attached hydrogen (secondary N) is 1. The van der Waals surface area contributed by atoms with E-state index in [1.807, 2.05) is 19.3 Å². The van der Waals surface area contributed by atoms with E-state index in [0.717, 1.165) is 55.5 Å². The third-order valence-electron chi connectivity index (χ3n) is 13.3. The molecule has 5 aromatic rings. The second-order valence-corrected chi connectivity index (χ2v) is 18.8. The van der Waals surface area contributed by atoms with Crippen molar-refractivity contribution in [1.82, 2.24) is 28.7 Å². The first kappa shape index (κ1) is 47.4. The Morgan fingerprint density at radius 3 is 1.70 bits per heavy atom. The maximum atomic E-state index is 13.3. The van der Waals surface area contributed by atoms with Crippen molar-refractivity contribution in [2.45, 2.75) is 68.7 Å². The molecule has 0 bridgehead atoms. The van der Waals surface area contributed by atoms with Gasteiger partial charge in [0.05, 0.1) is 29.4 Å². The number of pyridine rings is 2. The summed E-state index contributed by atoms with van der Waals surface area (Å²) in [6.07, 6.45) is 8.21. The smallest absolute Gasteiger partial charge is 0.870 e. The van der Waals surface area contributed by atoms with Gasteiger partial charge in [-0.3, -0.25) is 14.6 Å². The van der Waals surface area contributed by atoms with E-state index in [0.29, 0.717) is 65.3 Å². The molecule has 63 heavy (non-hydrogen) atoms. The second kappa shape index (κ2) is 19.0. The number of rotatable bonds is 8. The Hall–Kier alpha value is -5.05. The molecule has 0 radical (unpaired) electrons. The van der Waals surface area contributed by atoms with Gasteiger partial charge in [0.1, 0.15) is 17.9 Å². The van der Waals surface area contributed by atoms with Crippen molar-refractivity contribution in [1.29, 1.82) is 0 Å². The number of fused-ring (bicyclic) bond motifs is 4. The fraction of sp³-hybridized carbons (Fsp3) is 0.455. The number of carbonyl (C=O) groups is 2. The molecule has 2 amide bonds. The number of H-pyrrole nitrogens is 1. The van der Waals surface area contributed by atoms with Gasteiger partial charge in [0.15, 0.2) is 5.65 Å². The molecule has 1 aromatic carbocycles. The number of anilines is 2. The fourth-order valence-corrected chi connectivity index (χ4v) is 11.6. The maximum absolute atomic E-state index is 13.3. The number of carbonyl (C=O) groups excluding carboxylic acids is 2. The number of hydrogen-bond acceptors (Lipinski definition) is 11. The van der Waals surface area contributed by atoms with Gasteiger partial charge >= 0.3 is 29.6 Å². The van der Waals surface area contributed by atoms with E-state index in [2.05, 4.69) is 41.5 Å². The molecule has 4 fully saturated rings. The van der Waals surface area contributed by atoms with E-state index in [1.54, 1.807) is 52.4 Å². The van der Waals surface area contributed by atoms with Crippen LogP contribution in [-0.2, 0) is 19.6 Å². The number of aromatic amines is 1. The van der Waals surface area contributed by atoms with Crippen molar-refractivity contribution in [3.63, 3.8) is 0 Å². The van der Waals surface area contributed by atoms with Crippen molar-refractivity contribution in [2.24, 2.45) is 23.7 Å². The van der Waals surface area contributed by atoms with Crippen molar-refractivity contribution >= 4 is 66.7 Å². The summed E-state index contributed by atoms with van der Waals surface area (Å²) in [6.45, 7) is 20.9. The number of aromatic nitrogens is 4. The van der Waals surface area contributed by atoms with Crippen molar-refractivity contribution in [2.75, 3.05) is 50.1 Å². The van der Waals surface area contributed by atoms with E-state index < -0.39 is 22.2 Å². The standard InChI is InChI=1S/C25H27N5O4S.C19H23N5O2.Na.H2O.3H2/c1-16(31)25(32)29-14-17-11-19(12-18(17)15-29)28(3)23-21-9-10-30(24(21)27-13-22(23)26-2)35(33,34)20-7-5-4-6-8-20;1-11(25)19(26)24-9-12-6-14(7-13(12)10-24)23(3)17-15-4-5-21-18(15)22-8-16(17)20-2;;;;;/h4-10,13,16-19,31H,11-12,14-15H2,1,3H3;4-5,8,11-14,25H,6-7,9-10H2,1,3H3,(H,21,22);;1H2;3*1H/q;;+1;;;;/p-1/t16-,17-,18+,19?;11-,12-,13+,14?;;;;;/m00...../s1. The Bertz CT molecular complexity index is 2670. The molecule has 2 aliphatic heterocycles. The number of aliphatic hydroxyl groups excluding tert-OH is 2. The molecule has 2 saturated carbocycles. The third kappa shape index (κ3) is 8.78. The predicted molar refractivity (Wildman–Crippen MR) is 239 cm³/mol. The first-order valence-corrected chi connectivity index (χ1v) is 22.1. The summed E-state index contributed by atoms with van der Waals surface area (Å²) in [5, 5.41) is 20.8. The monoisotopic (exact) mass is 892 g/mol. The van der Waals surface area contributed by atoms with E-state index in [1.165, 1.54) is 30.2 Å². The van der Waals surface area contributed by atoms with Crippen LogP contribution >= 0.6 is 0 Å². The minimum Gasteiger partial charge on any atom is -0.870 e. The van der Waals surface area contributed by atoms with Gasteiger partial charge in [0, 0.05) is 92.2 Å². The van der Waals surface area contributed by atoms with Crippen molar-refractivity contribution in [3.05, 3.63) is 90.1 Å². The van der Waals surface area contributed by atoms with Gasteiger partial charge in [0.2, 0.25) is 11.4 Å². The zero-order valence-corrected chi connectivity index (χ0v) is 38.9. The number of aliphatic hydroxyl groups is 2. The molecule has 2 aliphatic carbocycles. The van der Waals surface area contributed by atoms with Crippen molar-refractivity contribution in [3.8, 4) is 0 Å². The average Bonchev–Trinajstić information content (AvgIpc) is 4.11. The van der Waals surface area contributed by atoms with E-state index in [9.17, 15) is 28.2 Å². The van der Waals surface area contributed by atoms with Crippen molar-refractivity contribution < 1.29 is 67.5 Å². The van der Waals surface area contributed by atoms with Crippen LogP contribution < -0.4 is 39.4 Å². The molecule has 4 aromatic heterocycles. The second-order valence-electron chi connectivity index (χ2n) is 17.0. The Morgan fingerprint density at radius 1 is 0.778 bits per heavy atom. The molecule has 332 valence electrons. The van der Waals surface area contributed by atoms with Crippen LogP contribution in [0.2, 0.25) is 0 Å². The van der Waals surface area contributed by atoms with Gasteiger partial charge in [-0.25, -0.2) is 27.1 Å². The van der Waals surface area contributed by atoms with Crippen LogP contribution in [-0.4, -0.2) is 129 Å². The maximum Gasteiger partial charge on any atom is 1.00 e. The van der Waals surface area contributed by atoms with E-state index >= 15 is 0 Å². The predicted octanol–water partition coefficient (Wildman–Crippen LogP) is 2.61. The topological polar surface area (TPSA) is 207 Å². The molecule has 19 heteroatoms. The van der Waals surface area contributed by atoms with Gasteiger partial charge in [0.25, 0.3) is 21.8 Å². The zero-order chi connectivity index (χ0) is 43.3. The van der Waals surface area contributed by atoms with Gasteiger partial charge in [-0.2, -0.15) is 0 Å². The van der Waals surface area contributed by atoms with Gasteiger partial charge in [-0.15, -0.1) is 0 Å². The van der Waals surface area contributed by atoms with Gasteiger partial charge < -0.3 is 40.3 Å². The SMILES string of the molecule is [C-]#[N+]c1cnc2[nH]ccc2c1N(C)C1C[C@@H]2CN(C(=O)[C@H](C)O)C[C@@H]2C1.[C-]#[N+]c1cnc2c(ccn2S(=O)(=O)c2ccccc2)c1N(C)C1C[C@@H]2CN(C(=O)[C@H](C)O)C[C@@H]2C1.[HH].[HH].[HH].[Na+].[OH-]. The number of benzene rings is 1. The number of hydrogen-bond donors (Lipinski definition) is 3. The first-order valence-electron chi connectivity index (χ1n) is 20.6. The molecular formula is C44H57N10NaO7S. The molecular weight excluding hydrogens is 836 g/mol. The van der Waals surface area contributed by atoms with Crippen LogP contribution in [0.3, 0.4) is 0 Å². The molecule has 17 nitrogen and oxygen atoms in total. The normalized spacial score (nSPS) is 23.3. The number of likely N-dealkylation sites (tertiary alicyclic amines) is 2. The summed E-state index contributed by atoms with van der Waals surface area (Å²) in [5.41, 5.74) is 3.64. The molecule has 4 N–H and O–H groups in total. The van der Waals surface area contributed by atoms with E-state index in [-0.39, 0.29) is 67.7 Å². The molecule has 6 heterocycles.